The Balaban J connectivity index is 1.38. The third kappa shape index (κ3) is 22.7. The van der Waals surface area contributed by atoms with Crippen LogP contribution in [0, 0.1) is 0 Å². The van der Waals surface area contributed by atoms with E-state index in [9.17, 15) is 0 Å². The molecular weight excluding hydrogens is 1140 g/mol. The van der Waals surface area contributed by atoms with E-state index in [0.29, 0.717) is 0 Å². The van der Waals surface area contributed by atoms with Crippen molar-refractivity contribution in [2.24, 2.45) is 0 Å². The maximum Gasteiger partial charge on any atom is 0.164 e. The molecule has 0 atom stereocenters. The highest BCUT2D eigenvalue weighted by atomic mass is 32.2. The van der Waals surface area contributed by atoms with Crippen molar-refractivity contribution in [2.45, 2.75) is 302 Å². The molecule has 2 N–H and O–H groups in total. The number of aromatic amines is 2. The summed E-state index contributed by atoms with van der Waals surface area (Å²) in [6.45, 7) is 13.9. The van der Waals surface area contributed by atoms with Gasteiger partial charge in [-0.05, 0) is 109 Å². The second kappa shape index (κ2) is 41.1. The zero-order valence-corrected chi connectivity index (χ0v) is 58.3. The Morgan fingerprint density at radius 3 is 0.679 bits per heavy atom. The van der Waals surface area contributed by atoms with Crippen LogP contribution in [0.3, 0.4) is 0 Å². The van der Waals surface area contributed by atoms with Crippen LogP contribution in [0.15, 0.2) is 65.8 Å². The third-order valence-corrected chi connectivity index (χ3v) is 23.9. The highest BCUT2D eigenvalue weighted by Crippen LogP contribution is 2.45. The summed E-state index contributed by atoms with van der Waals surface area (Å²) in [6, 6.07) is 14.8. The fourth-order valence-corrected chi connectivity index (χ4v) is 18.3. The second-order valence-corrected chi connectivity index (χ2v) is 30.8. The molecule has 0 saturated carbocycles. The molecule has 0 radical (unpaired) electrons. The van der Waals surface area contributed by atoms with Gasteiger partial charge in [-0.25, -0.2) is 19.9 Å². The average molecular weight is 1250 g/mol. The largest absolute Gasteiger partial charge is 0.324 e. The maximum atomic E-state index is 5.69. The van der Waals surface area contributed by atoms with Crippen LogP contribution in [0.4, 0.5) is 0 Å². The summed E-state index contributed by atoms with van der Waals surface area (Å²) in [4.78, 5) is 38.6. The zero-order valence-electron chi connectivity index (χ0n) is 53.4. The average Bonchev–Trinajstić information content (AvgIpc) is 2.10. The van der Waals surface area contributed by atoms with E-state index < -0.39 is 0 Å². The Hall–Kier alpha value is -2.22. The van der Waals surface area contributed by atoms with E-state index in [0.717, 1.165) is 101 Å². The zero-order chi connectivity index (χ0) is 58.8. The summed E-state index contributed by atoms with van der Waals surface area (Å²) in [5, 5.41) is 4.51. The lowest BCUT2D eigenvalue weighted by Crippen LogP contribution is -1.91. The standard InChI is InChI=1S/C72H110N6S6/c1-7-13-19-25-31-37-43-79-61-49-55-56(50-62(61)80-44-38-32-26-20-14-8-2)68-73-67(55)76-69-57-51-63(81-45-39-33-27-21-15-9-3)64(82-46-40-34-28-22-16-10-4)52-58(57)71(74-69)78-72-60-54-66(84-48-42-36-30-24-18-12-6)65(53-59(60)70(75-72)77-68)83-47-41-35-29-23-17-11-5/h49-54H,7-48H2,1-6H3,(H2,73,74,75,76,77,78). The van der Waals surface area contributed by atoms with E-state index in [2.05, 4.69) is 135 Å². The van der Waals surface area contributed by atoms with Crippen LogP contribution >= 0.6 is 70.6 Å². The summed E-state index contributed by atoms with van der Waals surface area (Å²) >= 11 is 12.3. The van der Waals surface area contributed by atoms with Crippen LogP contribution in [0.2, 0.25) is 0 Å². The van der Waals surface area contributed by atoms with Crippen molar-refractivity contribution < 1.29 is 0 Å². The Morgan fingerprint density at radius 2 is 0.440 bits per heavy atom. The number of hydrogen-bond acceptors (Lipinski definition) is 10. The Bertz CT molecular complexity index is 2710. The van der Waals surface area contributed by atoms with E-state index in [4.69, 9.17) is 19.9 Å². The topological polar surface area (TPSA) is 83.1 Å². The fourth-order valence-electron chi connectivity index (χ4n) is 11.5. The van der Waals surface area contributed by atoms with Crippen molar-refractivity contribution in [1.82, 2.24) is 29.9 Å². The Morgan fingerprint density at radius 1 is 0.238 bits per heavy atom. The second-order valence-electron chi connectivity index (χ2n) is 24.0. The van der Waals surface area contributed by atoms with E-state index >= 15 is 0 Å². The Kier molecular flexibility index (Phi) is 33.9. The highest BCUT2D eigenvalue weighted by Gasteiger charge is 2.25. The predicted octanol–water partition coefficient (Wildman–Crippen LogP) is 26.0. The molecule has 4 heterocycles. The van der Waals surface area contributed by atoms with Gasteiger partial charge in [-0.2, -0.15) is 0 Å². The first-order chi connectivity index (χ1) is 41.5. The minimum Gasteiger partial charge on any atom is -0.324 e. The number of fused-ring (bicyclic) bond motifs is 15. The molecule has 0 unspecified atom stereocenters. The van der Waals surface area contributed by atoms with Gasteiger partial charge in [0.15, 0.2) is 11.6 Å². The van der Waals surface area contributed by atoms with Crippen molar-refractivity contribution in [3.8, 4) is 22.8 Å². The molecule has 6 nitrogen and oxygen atoms in total. The molecule has 464 valence electrons. The molecule has 0 fully saturated rings. The van der Waals surface area contributed by atoms with Gasteiger partial charge in [-0.3, -0.25) is 0 Å². The van der Waals surface area contributed by atoms with Gasteiger partial charge in [0.25, 0.3) is 0 Å². The quantitative estimate of drug-likeness (QED) is 0.0284. The summed E-state index contributed by atoms with van der Waals surface area (Å²) in [5.74, 6) is 8.26. The van der Waals surface area contributed by atoms with Crippen LogP contribution in [-0.2, 0) is 0 Å². The summed E-state index contributed by atoms with van der Waals surface area (Å²) in [6.07, 6.45) is 47.1. The molecule has 0 saturated heterocycles. The molecule has 84 heavy (non-hydrogen) atoms. The molecule has 3 aromatic heterocycles. The number of hydrogen-bond donors (Lipinski definition) is 2. The van der Waals surface area contributed by atoms with Crippen LogP contribution in [0.5, 0.6) is 0 Å². The lowest BCUT2D eigenvalue weighted by molar-refractivity contribution is 0.626. The molecule has 0 aliphatic carbocycles. The number of unbranched alkanes of at least 4 members (excludes halogenated alkanes) is 30. The van der Waals surface area contributed by atoms with Gasteiger partial charge in [-0.15, -0.1) is 70.6 Å². The van der Waals surface area contributed by atoms with Gasteiger partial charge < -0.3 is 9.97 Å². The van der Waals surface area contributed by atoms with Crippen LogP contribution in [0.1, 0.15) is 273 Å². The summed E-state index contributed by atoms with van der Waals surface area (Å²) in [7, 11) is 0. The minimum atomic E-state index is 0.746. The first-order valence-electron chi connectivity index (χ1n) is 34.5. The summed E-state index contributed by atoms with van der Waals surface area (Å²) < 4.78 is 0. The SMILES string of the molecule is CCCCCCCCSc1cc2c(cc1SCCCCCCCC)-c1nc-2nc2[nH]c(nc3[nH]c(n1)c1cc(SCCCCCCCC)c(SCCCCCCCC)cc31)c1cc(SCCCCCCCC)c(SCCCCCCCC)cc21. The number of benzene rings is 3. The van der Waals surface area contributed by atoms with Gasteiger partial charge in [0.05, 0.1) is 0 Å². The van der Waals surface area contributed by atoms with Gasteiger partial charge in [0.1, 0.15) is 22.6 Å². The monoisotopic (exact) mass is 1250 g/mol. The number of thioether (sulfide) groups is 6. The lowest BCUT2D eigenvalue weighted by Gasteiger charge is -2.12. The van der Waals surface area contributed by atoms with Crippen LogP contribution in [0.25, 0.3) is 66.9 Å². The number of aromatic nitrogens is 6. The van der Waals surface area contributed by atoms with E-state index in [-0.39, 0.29) is 0 Å². The fraction of sp³-hybridized carbons (Fsp3) is 0.667. The number of H-pyrrole nitrogens is 2. The molecule has 3 aromatic carbocycles. The summed E-state index contributed by atoms with van der Waals surface area (Å²) in [5.41, 5.74) is 5.57. The molecule has 6 aromatic rings. The smallest absolute Gasteiger partial charge is 0.164 e. The van der Waals surface area contributed by atoms with Crippen LogP contribution < -0.4 is 0 Å². The maximum absolute atomic E-state index is 5.69. The van der Waals surface area contributed by atoms with Crippen molar-refractivity contribution in [3.63, 3.8) is 0 Å². The Labute approximate surface area is 536 Å². The lowest BCUT2D eigenvalue weighted by atomic mass is 10.1. The predicted molar refractivity (Wildman–Crippen MR) is 383 cm³/mol. The van der Waals surface area contributed by atoms with E-state index in [1.165, 1.54) is 261 Å². The normalized spacial score (nSPS) is 12.1. The molecule has 12 heteroatoms. The first kappa shape index (κ1) is 69.3. The van der Waals surface area contributed by atoms with Gasteiger partial charge in [0.2, 0.25) is 0 Å². The first-order valence-corrected chi connectivity index (χ1v) is 40.4. The van der Waals surface area contributed by atoms with E-state index in [1.54, 1.807) is 0 Å². The van der Waals surface area contributed by atoms with Crippen molar-refractivity contribution >= 4 is 115 Å². The highest BCUT2D eigenvalue weighted by molar-refractivity contribution is 8.03. The number of nitrogens with zero attached hydrogens (tertiary/aromatic N) is 4. The van der Waals surface area contributed by atoms with E-state index in [1.807, 2.05) is 23.5 Å². The molecule has 1 aliphatic heterocycles. The molecule has 6 bridgehead atoms. The molecule has 0 amide bonds. The molecule has 7 rings (SSSR count). The van der Waals surface area contributed by atoms with Gasteiger partial charge >= 0.3 is 0 Å². The van der Waals surface area contributed by atoms with Gasteiger partial charge in [0, 0.05) is 62.0 Å². The van der Waals surface area contributed by atoms with Crippen molar-refractivity contribution in [2.75, 3.05) is 34.5 Å². The minimum absolute atomic E-state index is 0.746. The van der Waals surface area contributed by atoms with Crippen molar-refractivity contribution in [3.05, 3.63) is 36.4 Å². The van der Waals surface area contributed by atoms with Crippen LogP contribution in [-0.4, -0.2) is 64.4 Å². The van der Waals surface area contributed by atoms with Crippen molar-refractivity contribution in [1.29, 1.82) is 0 Å². The molecular formula is C72H110N6S6. The number of rotatable bonds is 48. The number of nitrogens with one attached hydrogen (secondary N) is 2. The van der Waals surface area contributed by atoms with Gasteiger partial charge in [-0.1, -0.05) is 234 Å². The molecule has 0 spiro atoms. The third-order valence-electron chi connectivity index (χ3n) is 16.6. The molecule has 1 aliphatic rings.